The zero-order chi connectivity index (χ0) is 17.6. The summed E-state index contributed by atoms with van der Waals surface area (Å²) in [5.74, 6) is 0.880. The lowest BCUT2D eigenvalue weighted by atomic mass is 10.0. The molecule has 1 aliphatic rings. The molecule has 25 heavy (non-hydrogen) atoms. The van der Waals surface area contributed by atoms with E-state index in [1.807, 2.05) is 29.5 Å². The number of halogens is 1. The lowest BCUT2D eigenvalue weighted by Gasteiger charge is -2.31. The fraction of sp³-hybridized carbons (Fsp3) is 0.444. The Kier molecular flexibility index (Phi) is 6.29. The molecular weight excluding hydrogens is 358 g/mol. The summed E-state index contributed by atoms with van der Waals surface area (Å²) >= 11 is 7.38. The molecular formula is C18H22ClN3O2S. The number of amides is 1. The van der Waals surface area contributed by atoms with Crippen molar-refractivity contribution in [3.05, 3.63) is 45.4 Å². The summed E-state index contributed by atoms with van der Waals surface area (Å²) in [6.45, 7) is 2.35. The number of hydrogen-bond acceptors (Lipinski definition) is 5. The number of carbonyl (C=O) groups excluding carboxylic acids is 1. The summed E-state index contributed by atoms with van der Waals surface area (Å²) < 4.78 is 5.69. The second-order valence-electron chi connectivity index (χ2n) is 6.14. The van der Waals surface area contributed by atoms with Gasteiger partial charge >= 0.3 is 0 Å². The minimum Gasteiger partial charge on any atom is -0.486 e. The van der Waals surface area contributed by atoms with Crippen LogP contribution in [0.3, 0.4) is 0 Å². The highest BCUT2D eigenvalue weighted by molar-refractivity contribution is 7.09. The van der Waals surface area contributed by atoms with Crippen LogP contribution >= 0.6 is 22.9 Å². The number of aromatic nitrogens is 1. The lowest BCUT2D eigenvalue weighted by molar-refractivity contribution is -0.131. The number of nitrogens with zero attached hydrogens (tertiary/aromatic N) is 2. The molecule has 1 aromatic heterocycles. The van der Waals surface area contributed by atoms with Gasteiger partial charge in [0.25, 0.3) is 0 Å². The molecule has 2 aromatic rings. The molecule has 0 saturated carbocycles. The van der Waals surface area contributed by atoms with Gasteiger partial charge in [-0.25, -0.2) is 4.98 Å². The first kappa shape index (κ1) is 18.2. The van der Waals surface area contributed by atoms with Gasteiger partial charge in [0.1, 0.15) is 17.4 Å². The van der Waals surface area contributed by atoms with Crippen LogP contribution in [0.25, 0.3) is 0 Å². The maximum Gasteiger partial charge on any atom is 0.228 e. The van der Waals surface area contributed by atoms with Crippen molar-refractivity contribution in [2.24, 2.45) is 0 Å². The third kappa shape index (κ3) is 5.17. The van der Waals surface area contributed by atoms with E-state index < -0.39 is 0 Å². The van der Waals surface area contributed by atoms with Gasteiger partial charge in [-0.15, -0.1) is 11.3 Å². The summed E-state index contributed by atoms with van der Waals surface area (Å²) in [7, 11) is 1.90. The topological polar surface area (TPSA) is 54.5 Å². The summed E-state index contributed by atoms with van der Waals surface area (Å²) in [5.41, 5.74) is 0.811. The van der Waals surface area contributed by atoms with Gasteiger partial charge in [-0.3, -0.25) is 4.79 Å². The van der Waals surface area contributed by atoms with E-state index in [0.717, 1.165) is 42.4 Å². The van der Waals surface area contributed by atoms with E-state index in [9.17, 15) is 4.79 Å². The van der Waals surface area contributed by atoms with Gasteiger partial charge in [0.15, 0.2) is 0 Å². The predicted molar refractivity (Wildman–Crippen MR) is 100 cm³/mol. The molecule has 134 valence electrons. The van der Waals surface area contributed by atoms with Gasteiger partial charge in [-0.1, -0.05) is 11.6 Å². The predicted octanol–water partition coefficient (Wildman–Crippen LogP) is 3.13. The standard InChI is InChI=1S/C18H22ClN3O2S/c1-22(15-6-8-20-9-7-15)18(23)10-14-12-25-17(21-14)11-24-16-4-2-13(19)3-5-16/h2-5,12,15,20H,6-11H2,1H3. The van der Waals surface area contributed by atoms with Gasteiger partial charge in [-0.2, -0.15) is 0 Å². The van der Waals surface area contributed by atoms with Crippen molar-refractivity contribution >= 4 is 28.8 Å². The van der Waals surface area contributed by atoms with Crippen LogP contribution in [-0.4, -0.2) is 42.0 Å². The van der Waals surface area contributed by atoms with Gasteiger partial charge in [0.05, 0.1) is 12.1 Å². The van der Waals surface area contributed by atoms with Crippen LogP contribution in [0.2, 0.25) is 5.02 Å². The maximum absolute atomic E-state index is 12.5. The summed E-state index contributed by atoms with van der Waals surface area (Å²) in [4.78, 5) is 18.9. The van der Waals surface area contributed by atoms with E-state index in [1.54, 1.807) is 12.1 Å². The molecule has 1 aromatic carbocycles. The van der Waals surface area contributed by atoms with Crippen molar-refractivity contribution in [2.75, 3.05) is 20.1 Å². The van der Waals surface area contributed by atoms with E-state index >= 15 is 0 Å². The quantitative estimate of drug-likeness (QED) is 0.837. The average Bonchev–Trinajstić information content (AvgIpc) is 3.08. The molecule has 0 unspecified atom stereocenters. The minimum absolute atomic E-state index is 0.127. The van der Waals surface area contributed by atoms with Crippen LogP contribution in [0, 0.1) is 0 Å². The summed E-state index contributed by atoms with van der Waals surface area (Å²) in [6, 6.07) is 7.57. The Balaban J connectivity index is 1.50. The molecule has 1 aliphatic heterocycles. The van der Waals surface area contributed by atoms with Gasteiger partial charge in [0.2, 0.25) is 5.91 Å². The maximum atomic E-state index is 12.5. The smallest absolute Gasteiger partial charge is 0.228 e. The Bertz CT molecular complexity index is 699. The van der Waals surface area contributed by atoms with Crippen LogP contribution in [0.5, 0.6) is 5.75 Å². The number of rotatable bonds is 6. The molecule has 3 rings (SSSR count). The number of ether oxygens (including phenoxy) is 1. The number of carbonyl (C=O) groups is 1. The first-order valence-electron chi connectivity index (χ1n) is 8.40. The molecule has 1 N–H and O–H groups in total. The molecule has 1 saturated heterocycles. The van der Waals surface area contributed by atoms with E-state index in [4.69, 9.17) is 16.3 Å². The average molecular weight is 380 g/mol. The summed E-state index contributed by atoms with van der Waals surface area (Å²) in [6.07, 6.45) is 2.37. The highest BCUT2D eigenvalue weighted by Crippen LogP contribution is 2.19. The van der Waals surface area contributed by atoms with Gasteiger partial charge < -0.3 is 15.0 Å². The Labute approximate surface area is 157 Å². The van der Waals surface area contributed by atoms with E-state index in [1.165, 1.54) is 11.3 Å². The molecule has 0 spiro atoms. The van der Waals surface area contributed by atoms with Crippen molar-refractivity contribution in [1.82, 2.24) is 15.2 Å². The fourth-order valence-electron chi connectivity index (χ4n) is 2.85. The largest absolute Gasteiger partial charge is 0.486 e. The number of hydrogen-bond donors (Lipinski definition) is 1. The van der Waals surface area contributed by atoms with Gasteiger partial charge in [-0.05, 0) is 50.2 Å². The van der Waals surface area contributed by atoms with Crippen LogP contribution in [0.15, 0.2) is 29.6 Å². The molecule has 0 atom stereocenters. The minimum atomic E-state index is 0.127. The van der Waals surface area contributed by atoms with E-state index in [2.05, 4.69) is 10.3 Å². The number of piperidine rings is 1. The molecule has 0 aliphatic carbocycles. The zero-order valence-corrected chi connectivity index (χ0v) is 15.8. The first-order valence-corrected chi connectivity index (χ1v) is 9.65. The highest BCUT2D eigenvalue weighted by Gasteiger charge is 2.22. The molecule has 7 heteroatoms. The zero-order valence-electron chi connectivity index (χ0n) is 14.2. The van der Waals surface area contributed by atoms with Crippen molar-refractivity contribution in [2.45, 2.75) is 31.9 Å². The van der Waals surface area contributed by atoms with Crippen molar-refractivity contribution in [3.63, 3.8) is 0 Å². The second-order valence-corrected chi connectivity index (χ2v) is 7.52. The SMILES string of the molecule is CN(C(=O)Cc1csc(COc2ccc(Cl)cc2)n1)C1CCNCC1. The Morgan fingerprint density at radius 1 is 1.36 bits per heavy atom. The third-order valence-electron chi connectivity index (χ3n) is 4.36. The molecule has 0 radical (unpaired) electrons. The Morgan fingerprint density at radius 3 is 2.80 bits per heavy atom. The van der Waals surface area contributed by atoms with Gasteiger partial charge in [0, 0.05) is 23.5 Å². The number of benzene rings is 1. The molecule has 2 heterocycles. The van der Waals surface area contributed by atoms with E-state index in [0.29, 0.717) is 24.1 Å². The van der Waals surface area contributed by atoms with Crippen LogP contribution in [0.4, 0.5) is 0 Å². The highest BCUT2D eigenvalue weighted by atomic mass is 35.5. The van der Waals surface area contributed by atoms with Crippen LogP contribution in [0.1, 0.15) is 23.5 Å². The fourth-order valence-corrected chi connectivity index (χ4v) is 3.68. The van der Waals surface area contributed by atoms with Crippen LogP contribution < -0.4 is 10.1 Å². The lowest BCUT2D eigenvalue weighted by Crippen LogP contribution is -2.44. The van der Waals surface area contributed by atoms with Crippen LogP contribution in [-0.2, 0) is 17.8 Å². The van der Waals surface area contributed by atoms with Crippen molar-refractivity contribution < 1.29 is 9.53 Å². The van der Waals surface area contributed by atoms with Crippen molar-refractivity contribution in [1.29, 1.82) is 0 Å². The first-order chi connectivity index (χ1) is 12.1. The number of likely N-dealkylation sites (N-methyl/N-ethyl adjacent to an activating group) is 1. The monoisotopic (exact) mass is 379 g/mol. The Morgan fingerprint density at radius 2 is 2.08 bits per heavy atom. The molecule has 0 bridgehead atoms. The normalized spacial score (nSPS) is 15.1. The number of thiazole rings is 1. The van der Waals surface area contributed by atoms with E-state index in [-0.39, 0.29) is 5.91 Å². The Hall–Kier alpha value is -1.63. The van der Waals surface area contributed by atoms with Crippen molar-refractivity contribution in [3.8, 4) is 5.75 Å². The third-order valence-corrected chi connectivity index (χ3v) is 5.48. The molecule has 5 nitrogen and oxygen atoms in total. The molecule has 1 amide bonds. The second kappa shape index (κ2) is 8.65. The number of nitrogens with one attached hydrogen (secondary N) is 1. The summed E-state index contributed by atoms with van der Waals surface area (Å²) in [5, 5.41) is 6.81. The molecule has 1 fully saturated rings.